The van der Waals surface area contributed by atoms with Crippen molar-refractivity contribution in [2.75, 3.05) is 0 Å². The molecule has 2 rings (SSSR count). The van der Waals surface area contributed by atoms with E-state index >= 15 is 0 Å². The minimum Gasteiger partial charge on any atom is -0.481 e. The van der Waals surface area contributed by atoms with E-state index in [2.05, 4.69) is 17.8 Å². The van der Waals surface area contributed by atoms with E-state index in [0.29, 0.717) is 6.42 Å². The van der Waals surface area contributed by atoms with Crippen LogP contribution in [0.4, 0.5) is 0 Å². The Morgan fingerprint density at radius 2 is 2.11 bits per heavy atom. The number of nitrogens with one attached hydrogen (secondary N) is 2. The number of hydrazine groups is 1. The summed E-state index contributed by atoms with van der Waals surface area (Å²) in [6.07, 6.45) is 0.746. The molecule has 1 heterocycles. The Balaban J connectivity index is 2.17. The lowest BCUT2D eigenvalue weighted by atomic mass is 9.86. The largest absolute Gasteiger partial charge is 0.481 e. The van der Waals surface area contributed by atoms with Crippen LogP contribution in [0.25, 0.3) is 0 Å². The normalized spacial score (nSPS) is 27.3. The standard InChI is InChI=1S/C13H17ClN2O2/c1-8-13(9-4-2-3-5-10(9)14)11(16-15-8)6-7-12(17)18/h2-5,8,11,13,15-16H,6-7H2,1H3,(H,17,18). The van der Waals surface area contributed by atoms with Crippen molar-refractivity contribution in [2.24, 2.45) is 0 Å². The van der Waals surface area contributed by atoms with E-state index in [4.69, 9.17) is 16.7 Å². The fourth-order valence-corrected chi connectivity index (χ4v) is 2.79. The molecule has 1 aliphatic heterocycles. The molecule has 0 saturated carbocycles. The van der Waals surface area contributed by atoms with E-state index in [0.717, 1.165) is 10.6 Å². The maximum atomic E-state index is 10.7. The third kappa shape index (κ3) is 2.83. The summed E-state index contributed by atoms with van der Waals surface area (Å²) in [7, 11) is 0. The lowest BCUT2D eigenvalue weighted by molar-refractivity contribution is -0.137. The van der Waals surface area contributed by atoms with E-state index in [9.17, 15) is 4.79 Å². The molecule has 1 aromatic rings. The van der Waals surface area contributed by atoms with Gasteiger partial charge in [0.1, 0.15) is 0 Å². The number of aliphatic carboxylic acids is 1. The van der Waals surface area contributed by atoms with Gasteiger partial charge in [-0.3, -0.25) is 15.6 Å². The van der Waals surface area contributed by atoms with Crippen molar-refractivity contribution in [1.82, 2.24) is 10.9 Å². The Morgan fingerprint density at radius 1 is 1.39 bits per heavy atom. The zero-order valence-electron chi connectivity index (χ0n) is 10.2. The van der Waals surface area contributed by atoms with E-state index in [1.807, 2.05) is 24.3 Å². The molecule has 0 aromatic heterocycles. The van der Waals surface area contributed by atoms with Gasteiger partial charge in [-0.2, -0.15) is 0 Å². The average molecular weight is 269 g/mol. The molecule has 0 bridgehead atoms. The number of rotatable bonds is 4. The summed E-state index contributed by atoms with van der Waals surface area (Å²) in [5.41, 5.74) is 7.40. The lowest BCUT2D eigenvalue weighted by Gasteiger charge is -2.22. The summed E-state index contributed by atoms with van der Waals surface area (Å²) < 4.78 is 0. The van der Waals surface area contributed by atoms with E-state index < -0.39 is 5.97 Å². The molecule has 5 heteroatoms. The molecule has 3 unspecified atom stereocenters. The van der Waals surface area contributed by atoms with Crippen LogP contribution < -0.4 is 10.9 Å². The fraction of sp³-hybridized carbons (Fsp3) is 0.462. The average Bonchev–Trinajstić information content (AvgIpc) is 2.69. The summed E-state index contributed by atoms with van der Waals surface area (Å²) in [6, 6.07) is 8.06. The number of carbonyl (C=O) groups is 1. The number of halogens is 1. The third-order valence-corrected chi connectivity index (χ3v) is 3.75. The van der Waals surface area contributed by atoms with Gasteiger partial charge in [-0.25, -0.2) is 0 Å². The summed E-state index contributed by atoms with van der Waals surface area (Å²) >= 11 is 6.23. The van der Waals surface area contributed by atoms with Gasteiger partial charge >= 0.3 is 5.97 Å². The van der Waals surface area contributed by atoms with Gasteiger partial charge in [0.25, 0.3) is 0 Å². The number of carboxylic acid groups (broad SMARTS) is 1. The molecule has 0 amide bonds. The smallest absolute Gasteiger partial charge is 0.303 e. The van der Waals surface area contributed by atoms with Gasteiger partial charge in [-0.1, -0.05) is 29.8 Å². The van der Waals surface area contributed by atoms with Gasteiger partial charge in [0.05, 0.1) is 0 Å². The van der Waals surface area contributed by atoms with Crippen molar-refractivity contribution in [2.45, 2.75) is 37.8 Å². The first-order valence-corrected chi connectivity index (χ1v) is 6.44. The summed E-state index contributed by atoms with van der Waals surface area (Å²) in [5, 5.41) is 9.51. The van der Waals surface area contributed by atoms with Crippen molar-refractivity contribution in [1.29, 1.82) is 0 Å². The summed E-state index contributed by atoms with van der Waals surface area (Å²) in [5.74, 6) is -0.577. The molecular weight excluding hydrogens is 252 g/mol. The molecule has 0 radical (unpaired) electrons. The molecule has 4 nitrogen and oxygen atoms in total. The molecule has 3 atom stereocenters. The topological polar surface area (TPSA) is 61.4 Å². The van der Waals surface area contributed by atoms with E-state index in [1.54, 1.807) is 0 Å². The van der Waals surface area contributed by atoms with Crippen LogP contribution in [0.2, 0.25) is 5.02 Å². The first kappa shape index (κ1) is 13.3. The highest BCUT2D eigenvalue weighted by Gasteiger charge is 2.35. The Hall–Kier alpha value is -1.10. The van der Waals surface area contributed by atoms with Crippen molar-refractivity contribution >= 4 is 17.6 Å². The Labute approximate surface area is 111 Å². The highest BCUT2D eigenvalue weighted by molar-refractivity contribution is 6.31. The minimum absolute atomic E-state index is 0.0935. The van der Waals surface area contributed by atoms with Crippen LogP contribution in [0.3, 0.4) is 0 Å². The maximum Gasteiger partial charge on any atom is 0.303 e. The van der Waals surface area contributed by atoms with Crippen molar-refractivity contribution in [3.05, 3.63) is 34.9 Å². The van der Waals surface area contributed by atoms with Crippen molar-refractivity contribution < 1.29 is 9.90 Å². The second kappa shape index (κ2) is 5.69. The molecule has 1 saturated heterocycles. The number of benzene rings is 1. The number of carboxylic acids is 1. The molecule has 1 aliphatic rings. The lowest BCUT2D eigenvalue weighted by Crippen LogP contribution is -2.32. The van der Waals surface area contributed by atoms with Crippen LogP contribution in [0.1, 0.15) is 31.2 Å². The molecule has 18 heavy (non-hydrogen) atoms. The number of hydrogen-bond donors (Lipinski definition) is 3. The maximum absolute atomic E-state index is 10.7. The molecule has 1 fully saturated rings. The van der Waals surface area contributed by atoms with Crippen molar-refractivity contribution in [3.8, 4) is 0 Å². The van der Waals surface area contributed by atoms with Crippen LogP contribution in [-0.2, 0) is 4.79 Å². The van der Waals surface area contributed by atoms with Crippen LogP contribution in [0, 0.1) is 0 Å². The van der Waals surface area contributed by atoms with Crippen molar-refractivity contribution in [3.63, 3.8) is 0 Å². The predicted octanol–water partition coefficient (Wildman–Crippen LogP) is 2.15. The van der Waals surface area contributed by atoms with Crippen LogP contribution >= 0.6 is 11.6 Å². The molecule has 98 valence electrons. The van der Waals surface area contributed by atoms with Gasteiger partial charge in [0.2, 0.25) is 0 Å². The van der Waals surface area contributed by atoms with Gasteiger partial charge in [0, 0.05) is 29.4 Å². The molecule has 0 spiro atoms. The zero-order chi connectivity index (χ0) is 13.1. The van der Waals surface area contributed by atoms with E-state index in [-0.39, 0.29) is 24.4 Å². The van der Waals surface area contributed by atoms with E-state index in [1.165, 1.54) is 0 Å². The second-order valence-electron chi connectivity index (χ2n) is 4.66. The predicted molar refractivity (Wildman–Crippen MR) is 70.6 cm³/mol. The zero-order valence-corrected chi connectivity index (χ0v) is 10.9. The second-order valence-corrected chi connectivity index (χ2v) is 5.07. The Morgan fingerprint density at radius 3 is 2.78 bits per heavy atom. The highest BCUT2D eigenvalue weighted by atomic mass is 35.5. The van der Waals surface area contributed by atoms with Crippen LogP contribution in [0.5, 0.6) is 0 Å². The van der Waals surface area contributed by atoms with Gasteiger partial charge in [-0.15, -0.1) is 0 Å². The van der Waals surface area contributed by atoms with Crippen LogP contribution in [0.15, 0.2) is 24.3 Å². The first-order chi connectivity index (χ1) is 8.59. The first-order valence-electron chi connectivity index (χ1n) is 6.07. The molecular formula is C13H17ClN2O2. The fourth-order valence-electron chi connectivity index (χ4n) is 2.53. The highest BCUT2D eigenvalue weighted by Crippen LogP contribution is 2.33. The van der Waals surface area contributed by atoms with Gasteiger partial charge < -0.3 is 5.11 Å². The summed E-state index contributed by atoms with van der Waals surface area (Å²) in [6.45, 7) is 2.07. The molecule has 1 aromatic carbocycles. The summed E-state index contributed by atoms with van der Waals surface area (Å²) in [4.78, 5) is 10.7. The van der Waals surface area contributed by atoms with Gasteiger partial charge in [0.15, 0.2) is 0 Å². The molecule has 0 aliphatic carbocycles. The third-order valence-electron chi connectivity index (χ3n) is 3.40. The monoisotopic (exact) mass is 268 g/mol. The quantitative estimate of drug-likeness (QED) is 0.783. The Kier molecular flexibility index (Phi) is 4.22. The number of hydrogen-bond acceptors (Lipinski definition) is 3. The minimum atomic E-state index is -0.769. The van der Waals surface area contributed by atoms with Crippen LogP contribution in [-0.4, -0.2) is 23.2 Å². The Bertz CT molecular complexity index is 439. The molecule has 3 N–H and O–H groups in total. The SMILES string of the molecule is CC1NNC(CCC(=O)O)C1c1ccccc1Cl. The van der Waals surface area contributed by atoms with Gasteiger partial charge in [-0.05, 0) is 25.0 Å².